The van der Waals surface area contributed by atoms with Gasteiger partial charge in [0.1, 0.15) is 5.76 Å². The van der Waals surface area contributed by atoms with Gasteiger partial charge < -0.3 is 9.84 Å². The molecule has 0 atom stereocenters. The highest BCUT2D eigenvalue weighted by atomic mass is 32.2. The van der Waals surface area contributed by atoms with E-state index in [-0.39, 0.29) is 16.1 Å². The summed E-state index contributed by atoms with van der Waals surface area (Å²) in [4.78, 5) is 22.8. The van der Waals surface area contributed by atoms with Crippen LogP contribution >= 0.6 is 0 Å². The first-order valence-corrected chi connectivity index (χ1v) is 9.14. The summed E-state index contributed by atoms with van der Waals surface area (Å²) in [6, 6.07) is 6.41. The minimum absolute atomic E-state index is 0.0926. The Bertz CT molecular complexity index is 911. The van der Waals surface area contributed by atoms with Crippen LogP contribution in [0.4, 0.5) is 16.3 Å². The van der Waals surface area contributed by atoms with E-state index >= 15 is 0 Å². The van der Waals surface area contributed by atoms with Crippen molar-refractivity contribution in [3.63, 3.8) is 0 Å². The lowest BCUT2D eigenvalue weighted by Crippen LogP contribution is -2.28. The largest absolute Gasteiger partial charge is 0.359 e. The maximum Gasteiger partial charge on any atom is 0.324 e. The molecule has 1 aromatic heterocycles. The second-order valence-electron chi connectivity index (χ2n) is 6.59. The van der Waals surface area contributed by atoms with E-state index < -0.39 is 22.0 Å². The van der Waals surface area contributed by atoms with Crippen LogP contribution in [-0.2, 0) is 20.2 Å². The summed E-state index contributed by atoms with van der Waals surface area (Å²) in [7, 11) is -3.91. The molecule has 26 heavy (non-hydrogen) atoms. The van der Waals surface area contributed by atoms with Crippen molar-refractivity contribution in [1.82, 2.24) is 9.88 Å². The lowest BCUT2D eigenvalue weighted by molar-refractivity contribution is -0.117. The van der Waals surface area contributed by atoms with Crippen LogP contribution in [0, 0.1) is 0 Å². The predicted octanol–water partition coefficient (Wildman–Crippen LogP) is 2.44. The third kappa shape index (κ3) is 5.06. The zero-order valence-corrected chi connectivity index (χ0v) is 15.6. The quantitative estimate of drug-likeness (QED) is 0.747. The number of aromatic nitrogens is 1. The van der Waals surface area contributed by atoms with Gasteiger partial charge in [0.2, 0.25) is 5.91 Å². The first-order chi connectivity index (χ1) is 12.0. The van der Waals surface area contributed by atoms with E-state index in [0.717, 1.165) is 6.92 Å². The van der Waals surface area contributed by atoms with Crippen LogP contribution in [0.5, 0.6) is 0 Å². The van der Waals surface area contributed by atoms with Crippen molar-refractivity contribution in [2.45, 2.75) is 38.0 Å². The topological polar surface area (TPSA) is 130 Å². The van der Waals surface area contributed by atoms with Crippen LogP contribution in [0.25, 0.3) is 0 Å². The molecule has 2 rings (SSSR count). The number of urea groups is 1. The molecule has 0 unspecified atom stereocenters. The zero-order valence-electron chi connectivity index (χ0n) is 14.8. The maximum absolute atomic E-state index is 12.0. The highest BCUT2D eigenvalue weighted by Crippen LogP contribution is 2.24. The lowest BCUT2D eigenvalue weighted by atomic mass is 9.93. The molecule has 0 radical (unpaired) electrons. The average Bonchev–Trinajstić information content (AvgIpc) is 2.95. The first kappa shape index (κ1) is 19.4. The van der Waals surface area contributed by atoms with Crippen molar-refractivity contribution in [3.05, 3.63) is 36.1 Å². The molecule has 0 saturated carbocycles. The Hall–Kier alpha value is -2.88. The number of rotatable bonds is 4. The molecule has 10 heteroatoms. The van der Waals surface area contributed by atoms with E-state index in [1.807, 2.05) is 25.5 Å². The summed E-state index contributed by atoms with van der Waals surface area (Å²) >= 11 is 0. The van der Waals surface area contributed by atoms with Gasteiger partial charge >= 0.3 is 6.03 Å². The van der Waals surface area contributed by atoms with Crippen molar-refractivity contribution in [2.24, 2.45) is 0 Å². The van der Waals surface area contributed by atoms with E-state index in [2.05, 4.69) is 15.8 Å². The monoisotopic (exact) mass is 380 g/mol. The number of hydrogen-bond acceptors (Lipinski definition) is 6. The molecule has 1 aromatic carbocycles. The fourth-order valence-electron chi connectivity index (χ4n) is 1.93. The van der Waals surface area contributed by atoms with Gasteiger partial charge in [-0.3, -0.25) is 10.1 Å². The van der Waals surface area contributed by atoms with Crippen LogP contribution in [0.15, 0.2) is 39.8 Å². The Kier molecular flexibility index (Phi) is 5.36. The number of carbonyl (C=O) groups is 2. The number of amides is 3. The minimum Gasteiger partial charge on any atom is -0.359 e. The molecule has 9 nitrogen and oxygen atoms in total. The van der Waals surface area contributed by atoms with E-state index in [4.69, 9.17) is 4.52 Å². The van der Waals surface area contributed by atoms with Crippen LogP contribution in [-0.4, -0.2) is 25.5 Å². The van der Waals surface area contributed by atoms with E-state index in [1.165, 1.54) is 24.3 Å². The van der Waals surface area contributed by atoms with Gasteiger partial charge in [0, 0.05) is 24.1 Å². The molecule has 1 heterocycles. The lowest BCUT2D eigenvalue weighted by Gasteiger charge is -2.12. The molecule has 0 aliphatic carbocycles. The molecule has 0 bridgehead atoms. The molecule has 0 aliphatic rings. The standard InChI is InChI=1S/C16H20N4O5S/c1-10(21)20-26(23,24)12-7-5-11(6-8-12)17-15(22)18-14-9-13(25-19-14)16(2,3)4/h5-9H,1-4H3,(H,20,21)(H2,17,18,19,22). The third-order valence-electron chi connectivity index (χ3n) is 3.19. The third-order valence-corrected chi connectivity index (χ3v) is 4.64. The van der Waals surface area contributed by atoms with Crippen molar-refractivity contribution >= 4 is 33.5 Å². The Morgan fingerprint density at radius 1 is 1.08 bits per heavy atom. The van der Waals surface area contributed by atoms with Gasteiger partial charge in [0.25, 0.3) is 10.0 Å². The number of carbonyl (C=O) groups excluding carboxylic acids is 2. The van der Waals surface area contributed by atoms with Crippen LogP contribution in [0.1, 0.15) is 33.5 Å². The van der Waals surface area contributed by atoms with Crippen molar-refractivity contribution in [1.29, 1.82) is 0 Å². The Morgan fingerprint density at radius 3 is 2.19 bits per heavy atom. The van der Waals surface area contributed by atoms with Crippen LogP contribution in [0.2, 0.25) is 0 Å². The summed E-state index contributed by atoms with van der Waals surface area (Å²) in [6.07, 6.45) is 0. The molecule has 0 fully saturated rings. The molecule has 0 saturated heterocycles. The van der Waals surface area contributed by atoms with E-state index in [0.29, 0.717) is 11.4 Å². The molecular formula is C16H20N4O5S. The van der Waals surface area contributed by atoms with Gasteiger partial charge in [-0.05, 0) is 24.3 Å². The molecule has 3 amide bonds. The molecule has 140 valence electrons. The fraction of sp³-hybridized carbons (Fsp3) is 0.312. The first-order valence-electron chi connectivity index (χ1n) is 7.66. The van der Waals surface area contributed by atoms with Gasteiger partial charge in [-0.1, -0.05) is 25.9 Å². The normalized spacial score (nSPS) is 11.7. The number of nitrogens with zero attached hydrogens (tertiary/aromatic N) is 1. The second-order valence-corrected chi connectivity index (χ2v) is 8.27. The molecular weight excluding hydrogens is 360 g/mol. The SMILES string of the molecule is CC(=O)NS(=O)(=O)c1ccc(NC(=O)Nc2cc(C(C)(C)C)on2)cc1. The number of anilines is 2. The van der Waals surface area contributed by atoms with E-state index in [9.17, 15) is 18.0 Å². The summed E-state index contributed by atoms with van der Waals surface area (Å²) in [5.74, 6) is 0.200. The highest BCUT2D eigenvalue weighted by molar-refractivity contribution is 7.90. The van der Waals surface area contributed by atoms with Crippen LogP contribution in [0.3, 0.4) is 0 Å². The van der Waals surface area contributed by atoms with Crippen molar-refractivity contribution in [2.75, 3.05) is 10.6 Å². The summed E-state index contributed by atoms with van der Waals surface area (Å²) in [5.41, 5.74) is 0.127. The minimum atomic E-state index is -3.91. The van der Waals surface area contributed by atoms with Gasteiger partial charge in [0.05, 0.1) is 4.90 Å². The zero-order chi connectivity index (χ0) is 19.5. The van der Waals surface area contributed by atoms with Gasteiger partial charge in [-0.25, -0.2) is 17.9 Å². The number of benzene rings is 1. The number of hydrogen-bond donors (Lipinski definition) is 3. The van der Waals surface area contributed by atoms with Gasteiger partial charge in [0.15, 0.2) is 5.82 Å². The molecule has 0 aliphatic heterocycles. The average molecular weight is 380 g/mol. The smallest absolute Gasteiger partial charge is 0.324 e. The second kappa shape index (κ2) is 7.16. The number of nitrogens with one attached hydrogen (secondary N) is 3. The highest BCUT2D eigenvalue weighted by Gasteiger charge is 2.20. The van der Waals surface area contributed by atoms with Gasteiger partial charge in [-0.15, -0.1) is 0 Å². The maximum atomic E-state index is 12.0. The summed E-state index contributed by atoms with van der Waals surface area (Å²) in [5, 5.41) is 8.84. The number of sulfonamides is 1. The molecule has 3 N–H and O–H groups in total. The summed E-state index contributed by atoms with van der Waals surface area (Å²) < 4.78 is 30.7. The Labute approximate surface area is 151 Å². The van der Waals surface area contributed by atoms with Crippen molar-refractivity contribution < 1.29 is 22.5 Å². The molecule has 0 spiro atoms. The summed E-state index contributed by atoms with van der Waals surface area (Å²) in [6.45, 7) is 6.96. The van der Waals surface area contributed by atoms with E-state index in [1.54, 1.807) is 6.07 Å². The Balaban J connectivity index is 2.01. The Morgan fingerprint density at radius 2 is 1.69 bits per heavy atom. The van der Waals surface area contributed by atoms with Gasteiger partial charge in [-0.2, -0.15) is 0 Å². The van der Waals surface area contributed by atoms with Crippen molar-refractivity contribution in [3.8, 4) is 0 Å². The fourth-order valence-corrected chi connectivity index (χ4v) is 2.92. The predicted molar refractivity (Wildman–Crippen MR) is 95.3 cm³/mol. The van der Waals surface area contributed by atoms with Crippen LogP contribution < -0.4 is 15.4 Å². The molecule has 2 aromatic rings.